The Labute approximate surface area is 139 Å². The highest BCUT2D eigenvalue weighted by atomic mass is 16.2. The molecule has 0 aromatic heterocycles. The predicted molar refractivity (Wildman–Crippen MR) is 95.3 cm³/mol. The number of amides is 1. The van der Waals surface area contributed by atoms with Crippen LogP contribution in [0.4, 0.5) is 0 Å². The molecule has 6 nitrogen and oxygen atoms in total. The van der Waals surface area contributed by atoms with Crippen molar-refractivity contribution < 1.29 is 4.79 Å². The SMILES string of the molecule is CCNC(=NCc1ccc(CN(C)C)cc1)NCC(=O)N(C)C. The van der Waals surface area contributed by atoms with Crippen LogP contribution in [0.1, 0.15) is 18.1 Å². The van der Waals surface area contributed by atoms with Crippen molar-refractivity contribution in [1.82, 2.24) is 20.4 Å². The summed E-state index contributed by atoms with van der Waals surface area (Å²) >= 11 is 0. The molecule has 2 N–H and O–H groups in total. The molecule has 23 heavy (non-hydrogen) atoms. The smallest absolute Gasteiger partial charge is 0.241 e. The van der Waals surface area contributed by atoms with E-state index >= 15 is 0 Å². The molecule has 0 heterocycles. The average Bonchev–Trinajstić information content (AvgIpc) is 2.50. The number of benzene rings is 1. The lowest BCUT2D eigenvalue weighted by molar-refractivity contribution is -0.127. The van der Waals surface area contributed by atoms with Crippen LogP contribution in [-0.4, -0.2) is 62.9 Å². The first kappa shape index (κ1) is 19.0. The molecule has 0 bridgehead atoms. The summed E-state index contributed by atoms with van der Waals surface area (Å²) < 4.78 is 0. The third-order valence-electron chi connectivity index (χ3n) is 3.19. The summed E-state index contributed by atoms with van der Waals surface area (Å²) in [5.74, 6) is 0.670. The van der Waals surface area contributed by atoms with Crippen molar-refractivity contribution >= 4 is 11.9 Å². The van der Waals surface area contributed by atoms with E-state index in [1.807, 2.05) is 6.92 Å². The van der Waals surface area contributed by atoms with Crippen molar-refractivity contribution in [1.29, 1.82) is 0 Å². The van der Waals surface area contributed by atoms with Gasteiger partial charge in [-0.15, -0.1) is 0 Å². The Bertz CT molecular complexity index is 508. The molecule has 0 aliphatic rings. The van der Waals surface area contributed by atoms with E-state index in [-0.39, 0.29) is 12.5 Å². The molecule has 0 fully saturated rings. The summed E-state index contributed by atoms with van der Waals surface area (Å²) in [5, 5.41) is 6.20. The van der Waals surface area contributed by atoms with Gasteiger partial charge in [0, 0.05) is 27.2 Å². The van der Waals surface area contributed by atoms with Crippen LogP contribution < -0.4 is 10.6 Å². The van der Waals surface area contributed by atoms with Gasteiger partial charge in [0.2, 0.25) is 5.91 Å². The summed E-state index contributed by atoms with van der Waals surface area (Å²) in [7, 11) is 7.59. The lowest BCUT2D eigenvalue weighted by Crippen LogP contribution is -2.42. The van der Waals surface area contributed by atoms with E-state index in [4.69, 9.17) is 0 Å². The zero-order valence-electron chi connectivity index (χ0n) is 14.9. The van der Waals surface area contributed by atoms with E-state index in [2.05, 4.69) is 58.9 Å². The number of rotatable bonds is 7. The van der Waals surface area contributed by atoms with Gasteiger partial charge >= 0.3 is 0 Å². The predicted octanol–water partition coefficient (Wildman–Crippen LogP) is 0.892. The Balaban J connectivity index is 2.60. The lowest BCUT2D eigenvalue weighted by atomic mass is 10.1. The Morgan fingerprint density at radius 3 is 2.17 bits per heavy atom. The van der Waals surface area contributed by atoms with Crippen LogP contribution in [0.2, 0.25) is 0 Å². The van der Waals surface area contributed by atoms with Crippen molar-refractivity contribution in [3.05, 3.63) is 35.4 Å². The molecule has 0 atom stereocenters. The highest BCUT2D eigenvalue weighted by Crippen LogP contribution is 2.07. The summed E-state index contributed by atoms with van der Waals surface area (Å²) in [5.41, 5.74) is 2.42. The molecule has 1 amide bonds. The number of carbonyl (C=O) groups is 1. The second-order valence-corrected chi connectivity index (χ2v) is 5.89. The molecule has 0 saturated heterocycles. The van der Waals surface area contributed by atoms with Gasteiger partial charge in [0.25, 0.3) is 0 Å². The number of hydrogen-bond donors (Lipinski definition) is 2. The highest BCUT2D eigenvalue weighted by Gasteiger charge is 2.05. The number of nitrogens with zero attached hydrogens (tertiary/aromatic N) is 3. The van der Waals surface area contributed by atoms with Crippen LogP contribution in [0.25, 0.3) is 0 Å². The molecule has 1 rings (SSSR count). The third-order valence-corrected chi connectivity index (χ3v) is 3.19. The van der Waals surface area contributed by atoms with Crippen molar-refractivity contribution in [2.45, 2.75) is 20.0 Å². The number of guanidine groups is 1. The fourth-order valence-corrected chi connectivity index (χ4v) is 1.94. The Morgan fingerprint density at radius 2 is 1.65 bits per heavy atom. The lowest BCUT2D eigenvalue weighted by Gasteiger charge is -2.14. The first-order valence-corrected chi connectivity index (χ1v) is 7.87. The molecule has 6 heteroatoms. The van der Waals surface area contributed by atoms with Gasteiger partial charge in [-0.3, -0.25) is 4.79 Å². The van der Waals surface area contributed by atoms with Gasteiger partial charge in [0.15, 0.2) is 5.96 Å². The average molecular weight is 319 g/mol. The standard InChI is InChI=1S/C17H29N5O/c1-6-18-17(20-12-16(23)22(4)5)19-11-14-7-9-15(10-8-14)13-21(2)3/h7-10H,6,11-13H2,1-5H3,(H2,18,19,20). The number of nitrogens with one attached hydrogen (secondary N) is 2. The summed E-state index contributed by atoms with van der Waals surface area (Å²) in [6.45, 7) is 4.50. The van der Waals surface area contributed by atoms with E-state index < -0.39 is 0 Å². The van der Waals surface area contributed by atoms with Gasteiger partial charge in [-0.25, -0.2) is 4.99 Å². The first-order valence-electron chi connectivity index (χ1n) is 7.87. The Kier molecular flexibility index (Phi) is 8.11. The summed E-state index contributed by atoms with van der Waals surface area (Å²) in [6.07, 6.45) is 0. The van der Waals surface area contributed by atoms with Crippen LogP contribution in [0.5, 0.6) is 0 Å². The van der Waals surface area contributed by atoms with Crippen molar-refractivity contribution in [2.24, 2.45) is 4.99 Å². The molecule has 1 aromatic carbocycles. The van der Waals surface area contributed by atoms with E-state index in [1.54, 1.807) is 19.0 Å². The second-order valence-electron chi connectivity index (χ2n) is 5.89. The van der Waals surface area contributed by atoms with Gasteiger partial charge < -0.3 is 20.4 Å². The highest BCUT2D eigenvalue weighted by molar-refractivity contribution is 5.86. The van der Waals surface area contributed by atoms with Crippen LogP contribution >= 0.6 is 0 Å². The molecule has 0 aliphatic carbocycles. The van der Waals surface area contributed by atoms with Crippen LogP contribution in [-0.2, 0) is 17.9 Å². The maximum Gasteiger partial charge on any atom is 0.241 e. The van der Waals surface area contributed by atoms with Crippen LogP contribution in [0, 0.1) is 0 Å². The normalized spacial score (nSPS) is 11.5. The minimum absolute atomic E-state index is 0.0173. The Morgan fingerprint density at radius 1 is 1.04 bits per heavy atom. The molecule has 128 valence electrons. The Hall–Kier alpha value is -2.08. The van der Waals surface area contributed by atoms with E-state index in [0.29, 0.717) is 12.5 Å². The minimum atomic E-state index is 0.0173. The fourth-order valence-electron chi connectivity index (χ4n) is 1.94. The number of aliphatic imine (C=N–C) groups is 1. The van der Waals surface area contributed by atoms with Gasteiger partial charge in [-0.2, -0.15) is 0 Å². The minimum Gasteiger partial charge on any atom is -0.357 e. The topological polar surface area (TPSA) is 60.0 Å². The summed E-state index contributed by atoms with van der Waals surface area (Å²) in [4.78, 5) is 19.8. The van der Waals surface area contributed by atoms with Crippen molar-refractivity contribution in [2.75, 3.05) is 41.3 Å². The molecule has 0 radical (unpaired) electrons. The first-order chi connectivity index (χ1) is 10.9. The molecule has 1 aromatic rings. The van der Waals surface area contributed by atoms with Gasteiger partial charge in [0.05, 0.1) is 13.1 Å². The van der Waals surface area contributed by atoms with E-state index in [9.17, 15) is 4.79 Å². The zero-order valence-corrected chi connectivity index (χ0v) is 14.9. The van der Waals surface area contributed by atoms with Crippen LogP contribution in [0.15, 0.2) is 29.3 Å². The summed E-state index contributed by atoms with van der Waals surface area (Å²) in [6, 6.07) is 8.44. The quantitative estimate of drug-likeness (QED) is 0.579. The van der Waals surface area contributed by atoms with Gasteiger partial charge in [0.1, 0.15) is 0 Å². The molecule has 0 spiro atoms. The molecular formula is C17H29N5O. The number of hydrogen-bond acceptors (Lipinski definition) is 3. The van der Waals surface area contributed by atoms with Crippen LogP contribution in [0.3, 0.4) is 0 Å². The van der Waals surface area contributed by atoms with E-state index in [1.165, 1.54) is 5.56 Å². The monoisotopic (exact) mass is 319 g/mol. The molecule has 0 aliphatic heterocycles. The van der Waals surface area contributed by atoms with Gasteiger partial charge in [-0.05, 0) is 32.1 Å². The maximum atomic E-state index is 11.6. The second kappa shape index (κ2) is 9.84. The van der Waals surface area contributed by atoms with Crippen molar-refractivity contribution in [3.63, 3.8) is 0 Å². The third kappa shape index (κ3) is 7.65. The maximum absolute atomic E-state index is 11.6. The van der Waals surface area contributed by atoms with Gasteiger partial charge in [-0.1, -0.05) is 24.3 Å². The largest absolute Gasteiger partial charge is 0.357 e. The molecule has 0 saturated carbocycles. The number of carbonyl (C=O) groups excluding carboxylic acids is 1. The molecule has 0 unspecified atom stereocenters. The fraction of sp³-hybridized carbons (Fsp3) is 0.529. The molecular weight excluding hydrogens is 290 g/mol. The van der Waals surface area contributed by atoms with Crippen molar-refractivity contribution in [3.8, 4) is 0 Å². The zero-order chi connectivity index (χ0) is 17.2. The number of likely N-dealkylation sites (N-methyl/N-ethyl adjacent to an activating group) is 1. The van der Waals surface area contributed by atoms with E-state index in [0.717, 1.165) is 18.7 Å².